The first kappa shape index (κ1) is 23.4. The summed E-state index contributed by atoms with van der Waals surface area (Å²) in [4.78, 5) is 37.7. The molecule has 0 radical (unpaired) electrons. The van der Waals surface area contributed by atoms with E-state index in [1.54, 1.807) is 31.3 Å². The number of nitrogens with one attached hydrogen (secondary N) is 2. The maximum atomic E-state index is 12.7. The number of carbonyl (C=O) groups excluding carboxylic acids is 2. The van der Waals surface area contributed by atoms with Crippen LogP contribution >= 0.6 is 0 Å². The lowest BCUT2D eigenvalue weighted by Gasteiger charge is -2.17. The molecule has 3 aromatic rings. The molecular weight excluding hydrogens is 424 g/mol. The van der Waals surface area contributed by atoms with E-state index in [1.807, 2.05) is 30.3 Å². The van der Waals surface area contributed by atoms with Gasteiger partial charge in [-0.1, -0.05) is 18.2 Å². The fourth-order valence-corrected chi connectivity index (χ4v) is 3.12. The van der Waals surface area contributed by atoms with Gasteiger partial charge in [-0.25, -0.2) is 0 Å². The van der Waals surface area contributed by atoms with E-state index in [9.17, 15) is 19.7 Å². The maximum Gasteiger partial charge on any atom is 0.293 e. The molecule has 0 unspecified atom stereocenters. The normalized spacial score (nSPS) is 10.4. The highest BCUT2D eigenvalue weighted by molar-refractivity contribution is 6.07. The molecule has 3 rings (SSSR count). The number of para-hydroxylation sites is 1. The molecule has 0 aromatic heterocycles. The number of hydrogen-bond donors (Lipinski definition) is 2. The van der Waals surface area contributed by atoms with Gasteiger partial charge in [-0.2, -0.15) is 0 Å². The minimum atomic E-state index is -0.546. The molecule has 0 bridgehead atoms. The molecule has 9 nitrogen and oxygen atoms in total. The minimum Gasteiger partial charge on any atom is -0.383 e. The Morgan fingerprint density at radius 1 is 1.00 bits per heavy atom. The van der Waals surface area contributed by atoms with Crippen molar-refractivity contribution in [1.29, 1.82) is 0 Å². The van der Waals surface area contributed by atoms with Gasteiger partial charge in [0, 0.05) is 49.3 Å². The summed E-state index contributed by atoms with van der Waals surface area (Å²) >= 11 is 0. The van der Waals surface area contributed by atoms with Crippen LogP contribution in [0.2, 0.25) is 0 Å². The Morgan fingerprint density at radius 3 is 2.30 bits per heavy atom. The van der Waals surface area contributed by atoms with Crippen LogP contribution in [0.25, 0.3) is 0 Å². The monoisotopic (exact) mass is 448 g/mol. The Kier molecular flexibility index (Phi) is 7.72. The number of hydrogen-bond acceptors (Lipinski definition) is 6. The summed E-state index contributed by atoms with van der Waals surface area (Å²) in [5.41, 5.74) is 1.93. The molecule has 3 aromatic carbocycles. The van der Waals surface area contributed by atoms with Gasteiger partial charge < -0.3 is 20.3 Å². The van der Waals surface area contributed by atoms with Crippen molar-refractivity contribution in [2.45, 2.75) is 0 Å². The zero-order valence-corrected chi connectivity index (χ0v) is 18.3. The molecular formula is C24H24N4O5. The predicted molar refractivity (Wildman–Crippen MR) is 127 cm³/mol. The van der Waals surface area contributed by atoms with Crippen LogP contribution in [0.1, 0.15) is 20.7 Å². The second kappa shape index (κ2) is 10.9. The van der Waals surface area contributed by atoms with Gasteiger partial charge in [0.2, 0.25) is 0 Å². The molecule has 0 saturated carbocycles. The number of methoxy groups -OCH3 is 1. The van der Waals surface area contributed by atoms with Gasteiger partial charge in [-0.3, -0.25) is 19.7 Å². The number of ether oxygens (including phenoxy) is 1. The van der Waals surface area contributed by atoms with E-state index in [0.717, 1.165) is 5.69 Å². The van der Waals surface area contributed by atoms with Gasteiger partial charge in [0.25, 0.3) is 17.5 Å². The molecule has 0 aliphatic heterocycles. The van der Waals surface area contributed by atoms with Gasteiger partial charge in [0.15, 0.2) is 0 Å². The Balaban J connectivity index is 1.69. The summed E-state index contributed by atoms with van der Waals surface area (Å²) in [7, 11) is 3.22. The van der Waals surface area contributed by atoms with Gasteiger partial charge in [0.1, 0.15) is 5.69 Å². The lowest BCUT2D eigenvalue weighted by atomic mass is 10.1. The number of benzene rings is 3. The van der Waals surface area contributed by atoms with Gasteiger partial charge in [-0.05, 0) is 48.5 Å². The summed E-state index contributed by atoms with van der Waals surface area (Å²) < 4.78 is 4.93. The van der Waals surface area contributed by atoms with Crippen molar-refractivity contribution in [3.63, 3.8) is 0 Å². The molecule has 2 N–H and O–H groups in total. The average Bonchev–Trinajstić information content (AvgIpc) is 2.84. The van der Waals surface area contributed by atoms with E-state index in [2.05, 4.69) is 10.6 Å². The summed E-state index contributed by atoms with van der Waals surface area (Å²) in [5, 5.41) is 17.0. The third kappa shape index (κ3) is 5.92. The number of amides is 2. The van der Waals surface area contributed by atoms with Crippen molar-refractivity contribution in [2.75, 3.05) is 42.8 Å². The first-order valence-corrected chi connectivity index (χ1v) is 10.2. The van der Waals surface area contributed by atoms with Crippen LogP contribution in [0.15, 0.2) is 72.8 Å². The zero-order chi connectivity index (χ0) is 23.8. The molecule has 0 saturated heterocycles. The van der Waals surface area contributed by atoms with Crippen molar-refractivity contribution in [3.05, 3.63) is 94.0 Å². The number of rotatable bonds is 9. The zero-order valence-electron chi connectivity index (χ0n) is 18.3. The molecule has 2 amide bonds. The smallest absolute Gasteiger partial charge is 0.293 e. The largest absolute Gasteiger partial charge is 0.383 e. The molecule has 0 heterocycles. The minimum absolute atomic E-state index is 0.142. The Labute approximate surface area is 191 Å². The van der Waals surface area contributed by atoms with Crippen molar-refractivity contribution >= 4 is 34.6 Å². The standard InChI is InChI=1S/C24H24N4O5/c1-27(20-6-4-3-5-7-20)24(30)17-8-11-19(12-9-17)26-23(29)18-10-13-21(25-14-15-33-2)22(16-18)28(31)32/h3-13,16,25H,14-15H2,1-2H3,(H,26,29). The lowest BCUT2D eigenvalue weighted by Crippen LogP contribution is -2.26. The van der Waals surface area contributed by atoms with Crippen molar-refractivity contribution in [3.8, 4) is 0 Å². The molecule has 0 aliphatic rings. The van der Waals surface area contributed by atoms with Crippen LogP contribution < -0.4 is 15.5 Å². The van der Waals surface area contributed by atoms with E-state index in [4.69, 9.17) is 4.74 Å². The van der Waals surface area contributed by atoms with Crippen molar-refractivity contribution in [2.24, 2.45) is 0 Å². The highest BCUT2D eigenvalue weighted by Gasteiger charge is 2.18. The van der Waals surface area contributed by atoms with Crippen LogP contribution in [0.4, 0.5) is 22.7 Å². The maximum absolute atomic E-state index is 12.7. The Morgan fingerprint density at radius 2 is 1.67 bits per heavy atom. The topological polar surface area (TPSA) is 114 Å². The first-order chi connectivity index (χ1) is 15.9. The van der Waals surface area contributed by atoms with Gasteiger partial charge >= 0.3 is 0 Å². The van der Waals surface area contributed by atoms with Crippen LogP contribution in [-0.4, -0.2) is 44.0 Å². The molecule has 0 spiro atoms. The van der Waals surface area contributed by atoms with Crippen LogP contribution in [0, 0.1) is 10.1 Å². The Bertz CT molecular complexity index is 1130. The summed E-state index contributed by atoms with van der Waals surface area (Å²) in [6.45, 7) is 0.784. The van der Waals surface area contributed by atoms with E-state index < -0.39 is 10.8 Å². The highest BCUT2D eigenvalue weighted by Crippen LogP contribution is 2.26. The number of nitrogens with zero attached hydrogens (tertiary/aromatic N) is 2. The molecule has 9 heteroatoms. The molecule has 170 valence electrons. The average molecular weight is 448 g/mol. The second-order valence-electron chi connectivity index (χ2n) is 7.14. The summed E-state index contributed by atoms with van der Waals surface area (Å²) in [6, 6.07) is 19.9. The van der Waals surface area contributed by atoms with Gasteiger partial charge in [0.05, 0.1) is 11.5 Å². The third-order valence-corrected chi connectivity index (χ3v) is 4.92. The Hall–Kier alpha value is -4.24. The number of nitro benzene ring substituents is 1. The van der Waals surface area contributed by atoms with E-state index in [1.165, 1.54) is 30.2 Å². The number of nitro groups is 1. The van der Waals surface area contributed by atoms with Crippen molar-refractivity contribution in [1.82, 2.24) is 0 Å². The van der Waals surface area contributed by atoms with Crippen molar-refractivity contribution < 1.29 is 19.2 Å². The SMILES string of the molecule is COCCNc1ccc(C(=O)Nc2ccc(C(=O)N(C)c3ccccc3)cc2)cc1[N+](=O)[O-]. The van der Waals surface area contributed by atoms with E-state index in [-0.39, 0.29) is 17.2 Å². The highest BCUT2D eigenvalue weighted by atomic mass is 16.6. The lowest BCUT2D eigenvalue weighted by molar-refractivity contribution is -0.384. The first-order valence-electron chi connectivity index (χ1n) is 10.2. The van der Waals surface area contributed by atoms with Gasteiger partial charge in [-0.15, -0.1) is 0 Å². The molecule has 0 aliphatic carbocycles. The number of anilines is 3. The van der Waals surface area contributed by atoms with E-state index in [0.29, 0.717) is 30.1 Å². The molecule has 0 fully saturated rings. The number of carbonyl (C=O) groups is 2. The fraction of sp³-hybridized carbons (Fsp3) is 0.167. The third-order valence-electron chi connectivity index (χ3n) is 4.92. The second-order valence-corrected chi connectivity index (χ2v) is 7.14. The summed E-state index contributed by atoms with van der Waals surface area (Å²) in [5.74, 6) is -0.687. The fourth-order valence-electron chi connectivity index (χ4n) is 3.12. The molecule has 0 atom stereocenters. The molecule has 33 heavy (non-hydrogen) atoms. The van der Waals surface area contributed by atoms with Crippen LogP contribution in [0.5, 0.6) is 0 Å². The quantitative estimate of drug-likeness (QED) is 0.288. The summed E-state index contributed by atoms with van der Waals surface area (Å²) in [6.07, 6.45) is 0. The van der Waals surface area contributed by atoms with Crippen LogP contribution in [0.3, 0.4) is 0 Å². The van der Waals surface area contributed by atoms with E-state index >= 15 is 0 Å². The predicted octanol–water partition coefficient (Wildman–Crippen LogP) is 4.18. The van der Waals surface area contributed by atoms with Crippen LogP contribution in [-0.2, 0) is 4.74 Å².